The molecular weight excluding hydrogens is 444 g/mol. The Morgan fingerprint density at radius 1 is 0.706 bits per heavy atom. The number of benzene rings is 2. The zero-order valence-corrected chi connectivity index (χ0v) is 18.4. The third-order valence-corrected chi connectivity index (χ3v) is 4.88. The minimum absolute atomic E-state index is 0.00779. The van der Waals surface area contributed by atoms with Crippen LogP contribution in [0.2, 0.25) is 0 Å². The normalized spacial score (nSPS) is 17.4. The molecule has 4 amide bonds. The number of phenolic OH excluding ortho intramolecular Hbond substituents is 2. The van der Waals surface area contributed by atoms with Crippen LogP contribution in [-0.4, -0.2) is 48.1 Å². The Hall–Kier alpha value is -4.60. The summed E-state index contributed by atoms with van der Waals surface area (Å²) in [5, 5.41) is 23.5. The fraction of sp³-hybridized carbons (Fsp3) is 0.167. The molecule has 176 valence electrons. The van der Waals surface area contributed by atoms with Gasteiger partial charge in [0, 0.05) is 11.1 Å². The van der Waals surface area contributed by atoms with E-state index in [-0.39, 0.29) is 48.0 Å². The number of imide groups is 2. The standard InChI is InChI=1S/2C12H11NO4/c2*1-17-10-3-2-7(5-9(10)14)4-8-6-11(15)13-12(8)16/h2*2-5,14H,6H2,1H3,(H,13,15,16)/b2*8-4+. The van der Waals surface area contributed by atoms with Gasteiger partial charge in [0.15, 0.2) is 23.0 Å². The summed E-state index contributed by atoms with van der Waals surface area (Å²) >= 11 is 0. The Balaban J connectivity index is 0.000000191. The van der Waals surface area contributed by atoms with Crippen LogP contribution < -0.4 is 20.1 Å². The highest BCUT2D eigenvalue weighted by atomic mass is 16.5. The number of aromatic hydroxyl groups is 2. The summed E-state index contributed by atoms with van der Waals surface area (Å²) in [7, 11) is 2.91. The molecule has 0 saturated carbocycles. The zero-order valence-electron chi connectivity index (χ0n) is 18.4. The first kappa shape index (κ1) is 24.1. The van der Waals surface area contributed by atoms with Crippen LogP contribution in [0.5, 0.6) is 23.0 Å². The van der Waals surface area contributed by atoms with E-state index >= 15 is 0 Å². The number of amides is 4. The van der Waals surface area contributed by atoms with Crippen LogP contribution in [0.4, 0.5) is 0 Å². The Morgan fingerprint density at radius 3 is 1.35 bits per heavy atom. The molecular formula is C24H22N2O8. The fourth-order valence-electron chi connectivity index (χ4n) is 3.24. The van der Waals surface area contributed by atoms with Crippen molar-refractivity contribution < 1.29 is 38.9 Å². The average Bonchev–Trinajstić information content (AvgIpc) is 3.27. The van der Waals surface area contributed by atoms with Crippen LogP contribution in [0, 0.1) is 0 Å². The lowest BCUT2D eigenvalue weighted by Crippen LogP contribution is -2.19. The monoisotopic (exact) mass is 466 g/mol. The van der Waals surface area contributed by atoms with Gasteiger partial charge in [0.25, 0.3) is 11.8 Å². The molecule has 0 radical (unpaired) electrons. The van der Waals surface area contributed by atoms with Gasteiger partial charge in [0.1, 0.15) is 0 Å². The molecule has 10 heteroatoms. The molecule has 4 N–H and O–H groups in total. The smallest absolute Gasteiger partial charge is 0.254 e. The number of hydrogen-bond acceptors (Lipinski definition) is 8. The largest absolute Gasteiger partial charge is 0.504 e. The second kappa shape index (κ2) is 10.3. The van der Waals surface area contributed by atoms with Gasteiger partial charge in [-0.1, -0.05) is 12.1 Å². The Morgan fingerprint density at radius 2 is 1.09 bits per heavy atom. The molecule has 0 spiro atoms. The van der Waals surface area contributed by atoms with Crippen molar-refractivity contribution in [2.75, 3.05) is 14.2 Å². The van der Waals surface area contributed by atoms with Crippen molar-refractivity contribution in [3.05, 3.63) is 58.7 Å². The van der Waals surface area contributed by atoms with Crippen LogP contribution in [-0.2, 0) is 19.2 Å². The molecule has 10 nitrogen and oxygen atoms in total. The summed E-state index contributed by atoms with van der Waals surface area (Å²) in [6.45, 7) is 0. The van der Waals surface area contributed by atoms with E-state index in [0.717, 1.165) is 0 Å². The van der Waals surface area contributed by atoms with Gasteiger partial charge in [0.2, 0.25) is 11.8 Å². The first-order valence-electron chi connectivity index (χ1n) is 10.0. The van der Waals surface area contributed by atoms with E-state index in [1.54, 1.807) is 36.4 Å². The number of methoxy groups -OCH3 is 2. The van der Waals surface area contributed by atoms with Crippen LogP contribution in [0.25, 0.3) is 12.2 Å². The summed E-state index contributed by atoms with van der Waals surface area (Å²) in [6, 6.07) is 9.53. The summed E-state index contributed by atoms with van der Waals surface area (Å²) < 4.78 is 9.81. The van der Waals surface area contributed by atoms with E-state index < -0.39 is 0 Å². The minimum Gasteiger partial charge on any atom is -0.504 e. The average molecular weight is 466 g/mol. The van der Waals surface area contributed by atoms with Crippen molar-refractivity contribution in [3.63, 3.8) is 0 Å². The fourth-order valence-corrected chi connectivity index (χ4v) is 3.24. The van der Waals surface area contributed by atoms with Crippen LogP contribution in [0.1, 0.15) is 24.0 Å². The lowest BCUT2D eigenvalue weighted by atomic mass is 10.1. The maximum Gasteiger partial charge on any atom is 0.254 e. The van der Waals surface area contributed by atoms with Gasteiger partial charge in [-0.15, -0.1) is 0 Å². The zero-order chi connectivity index (χ0) is 24.8. The highest BCUT2D eigenvalue weighted by molar-refractivity contribution is 6.16. The van der Waals surface area contributed by atoms with Crippen molar-refractivity contribution in [1.82, 2.24) is 10.6 Å². The predicted octanol–water partition coefficient (Wildman–Crippen LogP) is 1.66. The summed E-state index contributed by atoms with van der Waals surface area (Å²) in [5.74, 6) is -0.676. The van der Waals surface area contributed by atoms with Gasteiger partial charge in [-0.05, 0) is 47.5 Å². The number of carbonyl (C=O) groups is 4. The Labute approximate surface area is 194 Å². The maximum absolute atomic E-state index is 11.3. The molecule has 4 rings (SSSR count). The van der Waals surface area contributed by atoms with Gasteiger partial charge in [-0.2, -0.15) is 0 Å². The molecule has 2 heterocycles. The van der Waals surface area contributed by atoms with Crippen LogP contribution in [0.3, 0.4) is 0 Å². The molecule has 2 aliphatic heterocycles. The number of rotatable bonds is 4. The first-order chi connectivity index (χ1) is 16.2. The Bertz CT molecular complexity index is 1130. The molecule has 0 aromatic heterocycles. The van der Waals surface area contributed by atoms with Crippen molar-refractivity contribution in [2.24, 2.45) is 0 Å². The van der Waals surface area contributed by atoms with E-state index in [9.17, 15) is 29.4 Å². The van der Waals surface area contributed by atoms with Crippen molar-refractivity contribution in [3.8, 4) is 23.0 Å². The van der Waals surface area contributed by atoms with Gasteiger partial charge in [0.05, 0.1) is 27.1 Å². The van der Waals surface area contributed by atoms with E-state index in [1.807, 2.05) is 0 Å². The predicted molar refractivity (Wildman–Crippen MR) is 121 cm³/mol. The molecule has 0 bridgehead atoms. The lowest BCUT2D eigenvalue weighted by molar-refractivity contribution is -0.125. The molecule has 0 aliphatic carbocycles. The van der Waals surface area contributed by atoms with E-state index in [2.05, 4.69) is 10.6 Å². The van der Waals surface area contributed by atoms with Crippen molar-refractivity contribution in [1.29, 1.82) is 0 Å². The molecule has 34 heavy (non-hydrogen) atoms. The summed E-state index contributed by atoms with van der Waals surface area (Å²) in [4.78, 5) is 44.6. The maximum atomic E-state index is 11.3. The molecule has 2 aromatic carbocycles. The van der Waals surface area contributed by atoms with Gasteiger partial charge < -0.3 is 19.7 Å². The highest BCUT2D eigenvalue weighted by Gasteiger charge is 2.24. The molecule has 0 atom stereocenters. The molecule has 2 fully saturated rings. The third kappa shape index (κ3) is 5.80. The molecule has 0 unspecified atom stereocenters. The van der Waals surface area contributed by atoms with Crippen molar-refractivity contribution in [2.45, 2.75) is 12.8 Å². The quantitative estimate of drug-likeness (QED) is 0.392. The highest BCUT2D eigenvalue weighted by Crippen LogP contribution is 2.28. The van der Waals surface area contributed by atoms with Crippen molar-refractivity contribution >= 4 is 35.8 Å². The molecule has 2 saturated heterocycles. The van der Waals surface area contributed by atoms with E-state index in [0.29, 0.717) is 33.8 Å². The SMILES string of the molecule is COc1ccc(/C=C2\CC(=O)NC2=O)cc1O.COc1ccc(/C=C2\CC(=O)NC2=O)cc1O. The van der Waals surface area contributed by atoms with Gasteiger partial charge in [-0.25, -0.2) is 0 Å². The lowest BCUT2D eigenvalue weighted by Gasteiger charge is -2.03. The summed E-state index contributed by atoms with van der Waals surface area (Å²) in [6.07, 6.45) is 3.29. The second-order valence-electron chi connectivity index (χ2n) is 7.31. The minimum atomic E-state index is -0.384. The number of phenols is 2. The van der Waals surface area contributed by atoms with Gasteiger partial charge in [-0.3, -0.25) is 29.8 Å². The number of nitrogens with one attached hydrogen (secondary N) is 2. The van der Waals surface area contributed by atoms with Crippen LogP contribution in [0.15, 0.2) is 47.5 Å². The summed E-state index contributed by atoms with van der Waals surface area (Å²) in [5.41, 5.74) is 2.06. The van der Waals surface area contributed by atoms with E-state index in [4.69, 9.17) is 9.47 Å². The third-order valence-electron chi connectivity index (χ3n) is 4.88. The Kier molecular flexibility index (Phi) is 7.32. The van der Waals surface area contributed by atoms with Gasteiger partial charge >= 0.3 is 0 Å². The molecule has 2 aromatic rings. The number of ether oxygens (including phenoxy) is 2. The second-order valence-corrected chi connectivity index (χ2v) is 7.31. The number of carbonyl (C=O) groups excluding carboxylic acids is 4. The topological polar surface area (TPSA) is 151 Å². The van der Waals surface area contributed by atoms with E-state index in [1.165, 1.54) is 26.4 Å². The van der Waals surface area contributed by atoms with Crippen LogP contribution >= 0.6 is 0 Å². The molecule has 2 aliphatic rings. The first-order valence-corrected chi connectivity index (χ1v) is 10.0. The number of hydrogen-bond donors (Lipinski definition) is 4.